The molecule has 7 nitrogen and oxygen atoms in total. The quantitative estimate of drug-likeness (QED) is 0.293. The minimum Gasteiger partial charge on any atom is -0.369 e. The SMILES string of the molecule is CCCCc1ccc(C(=O)CCCn2cc(CCCCCc3cnc(N)[nH]3)nn2)cc1. The molecule has 0 radical (unpaired) electrons. The summed E-state index contributed by atoms with van der Waals surface area (Å²) in [5.74, 6) is 0.676. The van der Waals surface area contributed by atoms with E-state index in [0.29, 0.717) is 18.9 Å². The van der Waals surface area contributed by atoms with Crippen LogP contribution in [-0.2, 0) is 25.8 Å². The number of imidazole rings is 1. The fraction of sp³-hybridized carbons (Fsp3) is 0.500. The van der Waals surface area contributed by atoms with E-state index in [0.717, 1.165) is 61.9 Å². The van der Waals surface area contributed by atoms with Gasteiger partial charge in [0.15, 0.2) is 11.7 Å². The molecule has 2 heterocycles. The van der Waals surface area contributed by atoms with Crippen LogP contribution in [-0.4, -0.2) is 30.7 Å². The molecule has 3 N–H and O–H groups in total. The van der Waals surface area contributed by atoms with Gasteiger partial charge in [0.25, 0.3) is 0 Å². The maximum Gasteiger partial charge on any atom is 0.197 e. The fourth-order valence-corrected chi connectivity index (χ4v) is 3.65. The van der Waals surface area contributed by atoms with Crippen molar-refractivity contribution in [3.05, 3.63) is 59.2 Å². The summed E-state index contributed by atoms with van der Waals surface area (Å²) >= 11 is 0. The number of hydrogen-bond donors (Lipinski definition) is 2. The molecule has 166 valence electrons. The summed E-state index contributed by atoms with van der Waals surface area (Å²) in [6.07, 6.45) is 13.7. The van der Waals surface area contributed by atoms with Gasteiger partial charge in [0.1, 0.15) is 0 Å². The second-order valence-corrected chi connectivity index (χ2v) is 8.15. The number of benzene rings is 1. The number of nitrogens with two attached hydrogens (primary N) is 1. The zero-order valence-corrected chi connectivity index (χ0v) is 18.5. The van der Waals surface area contributed by atoms with Crippen LogP contribution >= 0.6 is 0 Å². The summed E-state index contributed by atoms with van der Waals surface area (Å²) in [6, 6.07) is 8.08. The first-order chi connectivity index (χ1) is 15.1. The third-order valence-electron chi connectivity index (χ3n) is 5.50. The molecule has 0 aliphatic rings. The summed E-state index contributed by atoms with van der Waals surface area (Å²) in [4.78, 5) is 19.5. The molecule has 2 aromatic heterocycles. The highest BCUT2D eigenvalue weighted by Crippen LogP contribution is 2.12. The third kappa shape index (κ3) is 7.66. The number of unbranched alkanes of at least 4 members (excludes halogenated alkanes) is 3. The number of nitrogens with zero attached hydrogens (tertiary/aromatic N) is 4. The molecule has 0 spiro atoms. The number of carbonyl (C=O) groups is 1. The molecule has 1 aromatic carbocycles. The van der Waals surface area contributed by atoms with Crippen molar-refractivity contribution in [3.8, 4) is 0 Å². The summed E-state index contributed by atoms with van der Waals surface area (Å²) in [6.45, 7) is 2.91. The second kappa shape index (κ2) is 12.0. The Morgan fingerprint density at radius 2 is 1.84 bits per heavy atom. The molecule has 0 bridgehead atoms. The normalized spacial score (nSPS) is 11.1. The van der Waals surface area contributed by atoms with Crippen LogP contribution in [0.3, 0.4) is 0 Å². The van der Waals surface area contributed by atoms with Crippen LogP contribution in [0.5, 0.6) is 0 Å². The Hall–Kier alpha value is -2.96. The van der Waals surface area contributed by atoms with E-state index < -0.39 is 0 Å². The zero-order valence-electron chi connectivity index (χ0n) is 18.5. The van der Waals surface area contributed by atoms with Crippen LogP contribution in [0, 0.1) is 0 Å². The first-order valence-electron chi connectivity index (χ1n) is 11.4. The predicted octanol–water partition coefficient (Wildman–Crippen LogP) is 4.54. The van der Waals surface area contributed by atoms with Crippen LogP contribution in [0.15, 0.2) is 36.7 Å². The predicted molar refractivity (Wildman–Crippen MR) is 123 cm³/mol. The van der Waals surface area contributed by atoms with E-state index in [1.165, 1.54) is 18.4 Å². The lowest BCUT2D eigenvalue weighted by atomic mass is 10.0. The van der Waals surface area contributed by atoms with E-state index in [-0.39, 0.29) is 5.78 Å². The molecular weight excluding hydrogens is 388 g/mol. The minimum absolute atomic E-state index is 0.196. The Balaban J connectivity index is 1.31. The van der Waals surface area contributed by atoms with E-state index >= 15 is 0 Å². The highest BCUT2D eigenvalue weighted by Gasteiger charge is 2.07. The fourth-order valence-electron chi connectivity index (χ4n) is 3.65. The van der Waals surface area contributed by atoms with Crippen molar-refractivity contribution in [2.75, 3.05) is 5.73 Å². The van der Waals surface area contributed by atoms with Gasteiger partial charge in [-0.3, -0.25) is 9.48 Å². The first-order valence-corrected chi connectivity index (χ1v) is 11.4. The topological polar surface area (TPSA) is 102 Å². The van der Waals surface area contributed by atoms with Crippen molar-refractivity contribution in [3.63, 3.8) is 0 Å². The molecule has 0 amide bonds. The van der Waals surface area contributed by atoms with E-state index in [9.17, 15) is 4.79 Å². The van der Waals surface area contributed by atoms with Gasteiger partial charge in [0.2, 0.25) is 0 Å². The molecule has 3 aromatic rings. The van der Waals surface area contributed by atoms with Crippen LogP contribution < -0.4 is 5.73 Å². The molecule has 7 heteroatoms. The summed E-state index contributed by atoms with van der Waals surface area (Å²) in [5.41, 5.74) is 9.80. The molecular formula is C24H34N6O. The zero-order chi connectivity index (χ0) is 21.9. The monoisotopic (exact) mass is 422 g/mol. The van der Waals surface area contributed by atoms with Crippen LogP contribution in [0.2, 0.25) is 0 Å². The highest BCUT2D eigenvalue weighted by atomic mass is 16.1. The molecule has 0 aliphatic carbocycles. The number of rotatable bonds is 14. The largest absolute Gasteiger partial charge is 0.369 e. The van der Waals surface area contributed by atoms with Gasteiger partial charge in [-0.2, -0.15) is 0 Å². The second-order valence-electron chi connectivity index (χ2n) is 8.15. The van der Waals surface area contributed by atoms with E-state index in [4.69, 9.17) is 5.73 Å². The maximum absolute atomic E-state index is 12.4. The van der Waals surface area contributed by atoms with Crippen molar-refractivity contribution in [2.24, 2.45) is 0 Å². The molecule has 3 rings (SSSR count). The van der Waals surface area contributed by atoms with E-state index in [2.05, 4.69) is 39.3 Å². The average molecular weight is 423 g/mol. The maximum atomic E-state index is 12.4. The Morgan fingerprint density at radius 3 is 2.58 bits per heavy atom. The molecule has 31 heavy (non-hydrogen) atoms. The smallest absolute Gasteiger partial charge is 0.197 e. The lowest BCUT2D eigenvalue weighted by Gasteiger charge is -2.04. The van der Waals surface area contributed by atoms with Crippen molar-refractivity contribution >= 4 is 11.7 Å². The number of carbonyl (C=O) groups excluding carboxylic acids is 1. The number of ketones is 1. The lowest BCUT2D eigenvalue weighted by molar-refractivity contribution is 0.0978. The summed E-state index contributed by atoms with van der Waals surface area (Å²) in [5, 5.41) is 8.46. The standard InChI is InChI=1S/C24H34N6O/c1-2-3-8-19-12-14-20(15-13-19)23(31)11-7-16-30-18-22(28-29-30)10-6-4-5-9-21-17-26-24(25)27-21/h12-15,17-18H,2-11,16H2,1H3,(H3,25,26,27). The van der Waals surface area contributed by atoms with Gasteiger partial charge >= 0.3 is 0 Å². The third-order valence-corrected chi connectivity index (χ3v) is 5.50. The van der Waals surface area contributed by atoms with Gasteiger partial charge in [-0.15, -0.1) is 5.10 Å². The van der Waals surface area contributed by atoms with Gasteiger partial charge in [0, 0.05) is 30.4 Å². The van der Waals surface area contributed by atoms with Crippen LogP contribution in [0.4, 0.5) is 5.95 Å². The molecule has 0 atom stereocenters. The molecule has 0 saturated carbocycles. The first kappa shape index (κ1) is 22.7. The highest BCUT2D eigenvalue weighted by molar-refractivity contribution is 5.96. The minimum atomic E-state index is 0.196. The number of nitrogen functional groups attached to an aromatic ring is 1. The average Bonchev–Trinajstić information content (AvgIpc) is 3.41. The summed E-state index contributed by atoms with van der Waals surface area (Å²) in [7, 11) is 0. The lowest BCUT2D eigenvalue weighted by Crippen LogP contribution is -2.04. The van der Waals surface area contributed by atoms with Gasteiger partial charge in [-0.25, -0.2) is 4.98 Å². The molecule has 0 aliphatic heterocycles. The van der Waals surface area contributed by atoms with Crippen LogP contribution in [0.1, 0.15) is 79.2 Å². The Kier molecular flexibility index (Phi) is 8.82. The van der Waals surface area contributed by atoms with Gasteiger partial charge < -0.3 is 10.7 Å². The molecule has 0 fully saturated rings. The number of aryl methyl sites for hydroxylation is 4. The van der Waals surface area contributed by atoms with E-state index in [1.807, 2.05) is 23.0 Å². The number of anilines is 1. The molecule has 0 unspecified atom stereocenters. The van der Waals surface area contributed by atoms with Gasteiger partial charge in [-0.1, -0.05) is 49.2 Å². The molecule has 0 saturated heterocycles. The van der Waals surface area contributed by atoms with E-state index in [1.54, 1.807) is 6.20 Å². The van der Waals surface area contributed by atoms with Crippen molar-refractivity contribution in [2.45, 2.75) is 77.7 Å². The number of H-pyrrole nitrogens is 1. The van der Waals surface area contributed by atoms with Gasteiger partial charge in [-0.05, 0) is 50.5 Å². The summed E-state index contributed by atoms with van der Waals surface area (Å²) < 4.78 is 1.85. The van der Waals surface area contributed by atoms with Crippen molar-refractivity contribution in [1.82, 2.24) is 25.0 Å². The Morgan fingerprint density at radius 1 is 1.03 bits per heavy atom. The number of Topliss-reactive ketones (excluding diaryl/α,β-unsaturated/α-hetero) is 1. The Labute approximate surface area is 184 Å². The van der Waals surface area contributed by atoms with Gasteiger partial charge in [0.05, 0.1) is 11.9 Å². The Bertz CT molecular complexity index is 928. The number of aromatic amines is 1. The van der Waals surface area contributed by atoms with Crippen molar-refractivity contribution < 1.29 is 4.79 Å². The number of aromatic nitrogens is 5. The van der Waals surface area contributed by atoms with Crippen LogP contribution in [0.25, 0.3) is 0 Å². The van der Waals surface area contributed by atoms with Crippen molar-refractivity contribution in [1.29, 1.82) is 0 Å². The number of hydrogen-bond acceptors (Lipinski definition) is 5. The number of nitrogens with one attached hydrogen (secondary N) is 1.